The number of nitrogens with zero attached hydrogens (tertiary/aromatic N) is 3. The van der Waals surface area contributed by atoms with Gasteiger partial charge in [-0.25, -0.2) is 0 Å². The summed E-state index contributed by atoms with van der Waals surface area (Å²) in [7, 11) is 1.76. The first-order valence-electron chi connectivity index (χ1n) is 10.8. The van der Waals surface area contributed by atoms with Gasteiger partial charge in [0, 0.05) is 44.5 Å². The van der Waals surface area contributed by atoms with Crippen LogP contribution in [0.15, 0.2) is 39.3 Å². The number of furan rings is 1. The molecule has 0 spiro atoms. The summed E-state index contributed by atoms with van der Waals surface area (Å²) in [6.07, 6.45) is 5.63. The molecule has 4 rings (SSSR count). The minimum atomic E-state index is 0. The van der Waals surface area contributed by atoms with Crippen molar-refractivity contribution in [2.45, 2.75) is 38.3 Å². The molecule has 1 saturated heterocycles. The number of hydrogen-bond donors (Lipinski definition) is 2. The number of guanidine groups is 1. The van der Waals surface area contributed by atoms with Crippen LogP contribution in [0.3, 0.4) is 0 Å². The predicted molar refractivity (Wildman–Crippen MR) is 135 cm³/mol. The van der Waals surface area contributed by atoms with E-state index in [1.54, 1.807) is 24.6 Å². The lowest BCUT2D eigenvalue weighted by Gasteiger charge is -2.28. The first kappa shape index (κ1) is 24.1. The first-order valence-corrected chi connectivity index (χ1v) is 11.7. The van der Waals surface area contributed by atoms with Crippen molar-refractivity contribution in [1.29, 1.82) is 0 Å². The molecule has 2 aliphatic rings. The normalized spacial score (nSPS) is 17.7. The highest BCUT2D eigenvalue weighted by atomic mass is 127. The standard InChI is InChI=1S/C22H31N5O2S.HI/c1-23-22(25-15-18(19-5-4-13-29-19)26-10-2-3-11-26)24-9-6-21(28)27-12-7-20-17(16-27)8-14-30-20;/h4-5,8,13-14,18H,2-3,6-7,9-12,15-16H2,1H3,(H2,23,24,25);1H. The SMILES string of the molecule is CN=C(NCCC(=O)N1CCc2sccc2C1)NCC(c1ccco1)N1CCCC1.I. The van der Waals surface area contributed by atoms with Gasteiger partial charge in [-0.15, -0.1) is 35.3 Å². The van der Waals surface area contributed by atoms with Crippen molar-refractivity contribution < 1.29 is 9.21 Å². The molecule has 1 fully saturated rings. The zero-order valence-electron chi connectivity index (χ0n) is 18.0. The molecular formula is C22H32IN5O2S. The van der Waals surface area contributed by atoms with Gasteiger partial charge in [-0.1, -0.05) is 0 Å². The molecule has 0 bridgehead atoms. The van der Waals surface area contributed by atoms with Crippen LogP contribution >= 0.6 is 35.3 Å². The number of thiophene rings is 1. The number of fused-ring (bicyclic) bond motifs is 1. The van der Waals surface area contributed by atoms with E-state index in [4.69, 9.17) is 4.42 Å². The van der Waals surface area contributed by atoms with E-state index in [9.17, 15) is 4.79 Å². The summed E-state index contributed by atoms with van der Waals surface area (Å²) in [5, 5.41) is 8.82. The Morgan fingerprint density at radius 3 is 2.84 bits per heavy atom. The Hall–Kier alpha value is -1.59. The average molecular weight is 558 g/mol. The van der Waals surface area contributed by atoms with Gasteiger partial charge in [0.25, 0.3) is 0 Å². The highest BCUT2D eigenvalue weighted by Gasteiger charge is 2.26. The molecule has 0 aromatic carbocycles. The van der Waals surface area contributed by atoms with Crippen LogP contribution in [0.1, 0.15) is 41.5 Å². The van der Waals surface area contributed by atoms with Crippen LogP contribution in [0, 0.1) is 0 Å². The minimum absolute atomic E-state index is 0. The molecule has 7 nitrogen and oxygen atoms in total. The average Bonchev–Trinajstić information content (AvgIpc) is 3.54. The van der Waals surface area contributed by atoms with Crippen LogP contribution in [-0.4, -0.2) is 61.4 Å². The van der Waals surface area contributed by atoms with Gasteiger partial charge >= 0.3 is 0 Å². The van der Waals surface area contributed by atoms with Crippen molar-refractivity contribution >= 4 is 47.2 Å². The second-order valence-electron chi connectivity index (χ2n) is 7.84. The van der Waals surface area contributed by atoms with E-state index in [1.165, 1.54) is 23.3 Å². The lowest BCUT2D eigenvalue weighted by Crippen LogP contribution is -2.44. The van der Waals surface area contributed by atoms with Gasteiger partial charge in [0.15, 0.2) is 5.96 Å². The highest BCUT2D eigenvalue weighted by molar-refractivity contribution is 14.0. The lowest BCUT2D eigenvalue weighted by atomic mass is 10.1. The number of rotatable bonds is 7. The Bertz CT molecular complexity index is 848. The monoisotopic (exact) mass is 557 g/mol. The fourth-order valence-electron chi connectivity index (χ4n) is 4.27. The van der Waals surface area contributed by atoms with Crippen LogP contribution < -0.4 is 10.6 Å². The highest BCUT2D eigenvalue weighted by Crippen LogP contribution is 2.25. The smallest absolute Gasteiger partial charge is 0.224 e. The third kappa shape index (κ3) is 6.23. The maximum Gasteiger partial charge on any atom is 0.224 e. The van der Waals surface area contributed by atoms with Gasteiger partial charge in [0.2, 0.25) is 5.91 Å². The van der Waals surface area contributed by atoms with Crippen molar-refractivity contribution in [2.24, 2.45) is 4.99 Å². The van der Waals surface area contributed by atoms with E-state index in [0.717, 1.165) is 44.3 Å². The number of aliphatic imine (C=N–C) groups is 1. The zero-order valence-corrected chi connectivity index (χ0v) is 21.2. The number of carbonyl (C=O) groups excluding carboxylic acids is 1. The molecule has 2 aromatic rings. The molecule has 170 valence electrons. The Morgan fingerprint density at radius 2 is 2.10 bits per heavy atom. The Morgan fingerprint density at radius 1 is 1.26 bits per heavy atom. The van der Waals surface area contributed by atoms with Crippen LogP contribution in [0.4, 0.5) is 0 Å². The second-order valence-corrected chi connectivity index (χ2v) is 8.84. The van der Waals surface area contributed by atoms with E-state index in [-0.39, 0.29) is 35.9 Å². The van der Waals surface area contributed by atoms with E-state index in [1.807, 2.05) is 17.0 Å². The Kier molecular flexibility index (Phi) is 9.21. The number of halogens is 1. The molecule has 2 aromatic heterocycles. The third-order valence-electron chi connectivity index (χ3n) is 5.93. The van der Waals surface area contributed by atoms with Gasteiger partial charge in [0.05, 0.1) is 12.3 Å². The maximum absolute atomic E-state index is 12.6. The molecule has 4 heterocycles. The van der Waals surface area contributed by atoms with Crippen molar-refractivity contribution in [1.82, 2.24) is 20.4 Å². The van der Waals surface area contributed by atoms with E-state index in [0.29, 0.717) is 19.5 Å². The fraction of sp³-hybridized carbons (Fsp3) is 0.545. The van der Waals surface area contributed by atoms with Gasteiger partial charge in [0.1, 0.15) is 5.76 Å². The summed E-state index contributed by atoms with van der Waals surface area (Å²) in [6, 6.07) is 6.31. The summed E-state index contributed by atoms with van der Waals surface area (Å²) in [5.41, 5.74) is 1.30. The van der Waals surface area contributed by atoms with Crippen LogP contribution in [0.25, 0.3) is 0 Å². The molecule has 1 amide bonds. The predicted octanol–water partition coefficient (Wildman–Crippen LogP) is 3.24. The number of likely N-dealkylation sites (tertiary alicyclic amines) is 1. The summed E-state index contributed by atoms with van der Waals surface area (Å²) >= 11 is 1.80. The molecular weight excluding hydrogens is 525 g/mol. The van der Waals surface area contributed by atoms with Gasteiger partial charge < -0.3 is 20.0 Å². The molecule has 1 atom stereocenters. The number of amides is 1. The Balaban J connectivity index is 0.00000272. The maximum atomic E-state index is 12.6. The fourth-order valence-corrected chi connectivity index (χ4v) is 5.15. The van der Waals surface area contributed by atoms with Crippen molar-refractivity contribution in [3.05, 3.63) is 46.0 Å². The van der Waals surface area contributed by atoms with Crippen LogP contribution in [0.2, 0.25) is 0 Å². The van der Waals surface area contributed by atoms with Crippen molar-refractivity contribution in [3.63, 3.8) is 0 Å². The summed E-state index contributed by atoms with van der Waals surface area (Å²) in [4.78, 5) is 22.8. The van der Waals surface area contributed by atoms with Crippen molar-refractivity contribution in [2.75, 3.05) is 39.8 Å². The number of nitrogens with one attached hydrogen (secondary N) is 2. The minimum Gasteiger partial charge on any atom is -0.468 e. The number of hydrogen-bond acceptors (Lipinski definition) is 5. The quantitative estimate of drug-likeness (QED) is 0.311. The van der Waals surface area contributed by atoms with Gasteiger partial charge in [-0.05, 0) is 61.5 Å². The first-order chi connectivity index (χ1) is 14.7. The molecule has 2 N–H and O–H groups in total. The van der Waals surface area contributed by atoms with E-state index >= 15 is 0 Å². The largest absolute Gasteiger partial charge is 0.468 e. The topological polar surface area (TPSA) is 73.1 Å². The summed E-state index contributed by atoms with van der Waals surface area (Å²) in [5.74, 6) is 1.89. The molecule has 0 saturated carbocycles. The van der Waals surface area contributed by atoms with Gasteiger partial charge in [-0.2, -0.15) is 0 Å². The molecule has 31 heavy (non-hydrogen) atoms. The van der Waals surface area contributed by atoms with Gasteiger partial charge in [-0.3, -0.25) is 14.7 Å². The molecule has 9 heteroatoms. The summed E-state index contributed by atoms with van der Waals surface area (Å²) in [6.45, 7) is 5.03. The zero-order chi connectivity index (χ0) is 20.8. The number of carbonyl (C=O) groups is 1. The summed E-state index contributed by atoms with van der Waals surface area (Å²) < 4.78 is 5.68. The molecule has 2 aliphatic heterocycles. The van der Waals surface area contributed by atoms with Crippen LogP contribution in [0.5, 0.6) is 0 Å². The molecule has 0 aliphatic carbocycles. The third-order valence-corrected chi connectivity index (χ3v) is 6.95. The van der Waals surface area contributed by atoms with E-state index in [2.05, 4.69) is 32.0 Å². The van der Waals surface area contributed by atoms with Crippen molar-refractivity contribution in [3.8, 4) is 0 Å². The molecule has 1 unspecified atom stereocenters. The lowest BCUT2D eigenvalue weighted by molar-refractivity contribution is -0.131. The van der Waals surface area contributed by atoms with E-state index < -0.39 is 0 Å². The second kappa shape index (κ2) is 11.9. The van der Waals surface area contributed by atoms with Crippen LogP contribution in [-0.2, 0) is 17.8 Å². The molecule has 0 radical (unpaired) electrons. The Labute approximate surface area is 205 Å².